The van der Waals surface area contributed by atoms with Gasteiger partial charge in [0.1, 0.15) is 5.82 Å². The lowest BCUT2D eigenvalue weighted by atomic mass is 10.2. The molecular weight excluding hydrogens is 352 g/mol. The van der Waals surface area contributed by atoms with Gasteiger partial charge in [-0.05, 0) is 37.5 Å². The first kappa shape index (κ1) is 18.0. The van der Waals surface area contributed by atoms with E-state index in [1.165, 1.54) is 12.1 Å². The van der Waals surface area contributed by atoms with Gasteiger partial charge in [0.05, 0.1) is 6.04 Å². The molecule has 4 rings (SSSR count). The molecule has 0 bridgehead atoms. The molecule has 1 N–H and O–H groups in total. The van der Waals surface area contributed by atoms with Crippen LogP contribution < -0.4 is 5.32 Å². The van der Waals surface area contributed by atoms with Crippen molar-refractivity contribution in [2.45, 2.75) is 45.3 Å². The SMILES string of the molecule is CC(NC(=O)C1CC1)c1nnc2n1CCN(Cc1ccc(F)c(F)c1)CC2. The number of aromatic nitrogens is 3. The Morgan fingerprint density at radius 3 is 2.78 bits per heavy atom. The highest BCUT2D eigenvalue weighted by Crippen LogP contribution is 2.29. The number of halogens is 2. The number of nitrogens with zero attached hydrogens (tertiary/aromatic N) is 4. The molecule has 0 radical (unpaired) electrons. The second-order valence-corrected chi connectivity index (χ2v) is 7.41. The Balaban J connectivity index is 1.41. The molecule has 6 nitrogen and oxygen atoms in total. The fourth-order valence-electron chi connectivity index (χ4n) is 3.51. The van der Waals surface area contributed by atoms with Crippen molar-refractivity contribution in [1.82, 2.24) is 25.0 Å². The fourth-order valence-corrected chi connectivity index (χ4v) is 3.51. The number of rotatable bonds is 5. The number of benzene rings is 1. The normalized spacial score (nSPS) is 18.6. The van der Waals surface area contributed by atoms with Crippen molar-refractivity contribution in [2.24, 2.45) is 5.92 Å². The largest absolute Gasteiger partial charge is 0.346 e. The van der Waals surface area contributed by atoms with Crippen molar-refractivity contribution in [3.05, 3.63) is 47.0 Å². The van der Waals surface area contributed by atoms with Gasteiger partial charge in [-0.3, -0.25) is 9.69 Å². The van der Waals surface area contributed by atoms with Crippen LogP contribution in [0.1, 0.15) is 43.0 Å². The van der Waals surface area contributed by atoms with E-state index >= 15 is 0 Å². The molecule has 8 heteroatoms. The van der Waals surface area contributed by atoms with E-state index in [9.17, 15) is 13.6 Å². The zero-order valence-corrected chi connectivity index (χ0v) is 15.3. The highest BCUT2D eigenvalue weighted by atomic mass is 19.2. The Morgan fingerprint density at radius 1 is 1.22 bits per heavy atom. The first-order chi connectivity index (χ1) is 13.0. The van der Waals surface area contributed by atoms with Gasteiger partial charge in [0, 0.05) is 38.5 Å². The molecule has 2 heterocycles. The summed E-state index contributed by atoms with van der Waals surface area (Å²) in [6.45, 7) is 4.70. The minimum Gasteiger partial charge on any atom is -0.346 e. The van der Waals surface area contributed by atoms with Gasteiger partial charge in [-0.2, -0.15) is 0 Å². The molecular formula is C19H23F2N5O. The molecule has 2 aromatic rings. The number of hydrogen-bond acceptors (Lipinski definition) is 4. The zero-order valence-electron chi connectivity index (χ0n) is 15.3. The Labute approximate surface area is 156 Å². The predicted molar refractivity (Wildman–Crippen MR) is 94.6 cm³/mol. The standard InChI is InChI=1S/C19H23F2N5O/c1-12(22-19(27)14-3-4-14)18-24-23-17-6-7-25(8-9-26(17)18)11-13-2-5-15(20)16(21)10-13/h2,5,10,12,14H,3-4,6-9,11H2,1H3,(H,22,27). The van der Waals surface area contributed by atoms with Crippen molar-refractivity contribution < 1.29 is 13.6 Å². The molecule has 0 spiro atoms. The second-order valence-electron chi connectivity index (χ2n) is 7.41. The molecule has 1 fully saturated rings. The van der Waals surface area contributed by atoms with E-state index in [-0.39, 0.29) is 17.9 Å². The van der Waals surface area contributed by atoms with E-state index in [4.69, 9.17) is 0 Å². The summed E-state index contributed by atoms with van der Waals surface area (Å²) in [5.74, 6) is 0.271. The number of carbonyl (C=O) groups is 1. The molecule has 1 aromatic heterocycles. The van der Waals surface area contributed by atoms with Crippen molar-refractivity contribution in [1.29, 1.82) is 0 Å². The topological polar surface area (TPSA) is 63.1 Å². The van der Waals surface area contributed by atoms with Gasteiger partial charge in [0.25, 0.3) is 0 Å². The predicted octanol–water partition coefficient (Wildman–Crippen LogP) is 2.20. The first-order valence-electron chi connectivity index (χ1n) is 9.40. The molecule has 1 amide bonds. The molecule has 1 atom stereocenters. The zero-order chi connectivity index (χ0) is 19.0. The summed E-state index contributed by atoms with van der Waals surface area (Å²) < 4.78 is 28.6. The lowest BCUT2D eigenvalue weighted by Crippen LogP contribution is -2.31. The van der Waals surface area contributed by atoms with E-state index in [1.54, 1.807) is 6.07 Å². The van der Waals surface area contributed by atoms with Crippen LogP contribution in [0.2, 0.25) is 0 Å². The smallest absolute Gasteiger partial charge is 0.223 e. The van der Waals surface area contributed by atoms with Crippen LogP contribution in [0, 0.1) is 17.6 Å². The van der Waals surface area contributed by atoms with Crippen molar-refractivity contribution in [3.8, 4) is 0 Å². The highest BCUT2D eigenvalue weighted by molar-refractivity contribution is 5.81. The molecule has 144 valence electrons. The van der Waals surface area contributed by atoms with Gasteiger partial charge in [0.2, 0.25) is 5.91 Å². The van der Waals surface area contributed by atoms with E-state index in [0.717, 1.165) is 49.6 Å². The molecule has 1 aliphatic heterocycles. The molecule has 1 saturated carbocycles. The molecule has 0 saturated heterocycles. The second kappa shape index (κ2) is 7.34. The van der Waals surface area contributed by atoms with Crippen molar-refractivity contribution in [3.63, 3.8) is 0 Å². The number of hydrogen-bond donors (Lipinski definition) is 1. The number of carbonyl (C=O) groups excluding carboxylic acids is 1. The van der Waals surface area contributed by atoms with E-state index in [0.29, 0.717) is 13.1 Å². The van der Waals surface area contributed by atoms with Gasteiger partial charge in [0.15, 0.2) is 17.5 Å². The third-order valence-electron chi connectivity index (χ3n) is 5.23. The van der Waals surface area contributed by atoms with Gasteiger partial charge < -0.3 is 9.88 Å². The summed E-state index contributed by atoms with van der Waals surface area (Å²) in [5.41, 5.74) is 0.747. The Kier molecular flexibility index (Phi) is 4.90. The summed E-state index contributed by atoms with van der Waals surface area (Å²) in [5, 5.41) is 11.6. The molecule has 2 aliphatic rings. The maximum absolute atomic E-state index is 13.4. The molecule has 1 aromatic carbocycles. The first-order valence-corrected chi connectivity index (χ1v) is 9.40. The van der Waals surface area contributed by atoms with Gasteiger partial charge in [-0.25, -0.2) is 8.78 Å². The van der Waals surface area contributed by atoms with Crippen molar-refractivity contribution in [2.75, 3.05) is 13.1 Å². The van der Waals surface area contributed by atoms with Gasteiger partial charge >= 0.3 is 0 Å². The Hall–Kier alpha value is -2.35. The summed E-state index contributed by atoms with van der Waals surface area (Å²) >= 11 is 0. The van der Waals surface area contributed by atoms with E-state index < -0.39 is 11.6 Å². The summed E-state index contributed by atoms with van der Waals surface area (Å²) in [6, 6.07) is 3.85. The van der Waals surface area contributed by atoms with Crippen LogP contribution in [0.5, 0.6) is 0 Å². The monoisotopic (exact) mass is 375 g/mol. The van der Waals surface area contributed by atoms with E-state index in [1.807, 2.05) is 6.92 Å². The highest BCUT2D eigenvalue weighted by Gasteiger charge is 2.31. The minimum absolute atomic E-state index is 0.0911. The maximum Gasteiger partial charge on any atom is 0.223 e. The van der Waals surface area contributed by atoms with Crippen LogP contribution in [-0.2, 0) is 24.3 Å². The van der Waals surface area contributed by atoms with Crippen LogP contribution in [0.4, 0.5) is 8.78 Å². The Bertz CT molecular complexity index is 849. The molecule has 27 heavy (non-hydrogen) atoms. The van der Waals surface area contributed by atoms with Crippen LogP contribution in [0.15, 0.2) is 18.2 Å². The van der Waals surface area contributed by atoms with Crippen LogP contribution in [-0.4, -0.2) is 38.7 Å². The van der Waals surface area contributed by atoms with Gasteiger partial charge in [-0.15, -0.1) is 10.2 Å². The average Bonchev–Trinajstić information content (AvgIpc) is 3.44. The lowest BCUT2D eigenvalue weighted by molar-refractivity contribution is -0.123. The lowest BCUT2D eigenvalue weighted by Gasteiger charge is -2.20. The minimum atomic E-state index is -0.826. The van der Waals surface area contributed by atoms with Gasteiger partial charge in [-0.1, -0.05) is 6.07 Å². The fraction of sp³-hybridized carbons (Fsp3) is 0.526. The van der Waals surface area contributed by atoms with Crippen LogP contribution in [0.25, 0.3) is 0 Å². The quantitative estimate of drug-likeness (QED) is 0.870. The third kappa shape index (κ3) is 4.00. The van der Waals surface area contributed by atoms with Crippen LogP contribution in [0.3, 0.4) is 0 Å². The summed E-state index contributed by atoms with van der Waals surface area (Å²) in [7, 11) is 0. The molecule has 1 aliphatic carbocycles. The summed E-state index contributed by atoms with van der Waals surface area (Å²) in [4.78, 5) is 14.2. The summed E-state index contributed by atoms with van der Waals surface area (Å²) in [6.07, 6.45) is 2.66. The number of nitrogens with one attached hydrogen (secondary N) is 1. The van der Waals surface area contributed by atoms with Crippen molar-refractivity contribution >= 4 is 5.91 Å². The average molecular weight is 375 g/mol. The maximum atomic E-state index is 13.4. The Morgan fingerprint density at radius 2 is 2.04 bits per heavy atom. The van der Waals surface area contributed by atoms with Crippen LogP contribution >= 0.6 is 0 Å². The third-order valence-corrected chi connectivity index (χ3v) is 5.23. The molecule has 1 unspecified atom stereocenters. The number of amides is 1. The van der Waals surface area contributed by atoms with E-state index in [2.05, 4.69) is 25.0 Å². The number of fused-ring (bicyclic) bond motifs is 1.